The molecule has 0 saturated carbocycles. The van der Waals surface area contributed by atoms with Gasteiger partial charge in [-0.05, 0) is 24.3 Å². The van der Waals surface area contributed by atoms with Gasteiger partial charge in [-0.2, -0.15) is 5.10 Å². The Morgan fingerprint density at radius 3 is 2.92 bits per heavy atom. The third-order valence-electron chi connectivity index (χ3n) is 1.78. The van der Waals surface area contributed by atoms with Crippen molar-refractivity contribution in [3.63, 3.8) is 0 Å². The van der Waals surface area contributed by atoms with Gasteiger partial charge in [0.05, 0.1) is 5.69 Å². The SMILES string of the molecule is C#Cc1cccc(-n2cccn2)c1. The first kappa shape index (κ1) is 7.63. The third kappa shape index (κ3) is 1.45. The van der Waals surface area contributed by atoms with Gasteiger partial charge in [0.1, 0.15) is 0 Å². The van der Waals surface area contributed by atoms with Crippen LogP contribution >= 0.6 is 0 Å². The van der Waals surface area contributed by atoms with Crippen LogP contribution in [-0.2, 0) is 0 Å². The van der Waals surface area contributed by atoms with E-state index < -0.39 is 0 Å². The lowest BCUT2D eigenvalue weighted by atomic mass is 10.2. The molecule has 0 N–H and O–H groups in total. The molecule has 0 bridgehead atoms. The molecule has 13 heavy (non-hydrogen) atoms. The van der Waals surface area contributed by atoms with Crippen LogP contribution in [0.2, 0.25) is 0 Å². The molecule has 1 heterocycles. The first-order chi connectivity index (χ1) is 6.40. The van der Waals surface area contributed by atoms with E-state index in [0.29, 0.717) is 0 Å². The molecule has 0 unspecified atom stereocenters. The fraction of sp³-hybridized carbons (Fsp3) is 0. The maximum Gasteiger partial charge on any atom is 0.0657 e. The van der Waals surface area contributed by atoms with Crippen molar-refractivity contribution in [1.82, 2.24) is 9.78 Å². The predicted molar refractivity (Wildman–Crippen MR) is 51.5 cm³/mol. The lowest BCUT2D eigenvalue weighted by Gasteiger charge is -2.00. The van der Waals surface area contributed by atoms with Gasteiger partial charge in [-0.1, -0.05) is 12.0 Å². The molecule has 2 rings (SSSR count). The molecule has 0 aliphatic carbocycles. The summed E-state index contributed by atoms with van der Waals surface area (Å²) < 4.78 is 1.78. The van der Waals surface area contributed by atoms with Gasteiger partial charge in [0.25, 0.3) is 0 Å². The van der Waals surface area contributed by atoms with Gasteiger partial charge in [-0.15, -0.1) is 6.42 Å². The van der Waals surface area contributed by atoms with E-state index in [2.05, 4.69) is 11.0 Å². The van der Waals surface area contributed by atoms with Gasteiger partial charge in [0.2, 0.25) is 0 Å². The van der Waals surface area contributed by atoms with Crippen LogP contribution < -0.4 is 0 Å². The fourth-order valence-electron chi connectivity index (χ4n) is 1.16. The molecule has 0 aliphatic rings. The number of hydrogen-bond donors (Lipinski definition) is 0. The zero-order valence-corrected chi connectivity index (χ0v) is 7.01. The molecule has 0 saturated heterocycles. The third-order valence-corrected chi connectivity index (χ3v) is 1.78. The highest BCUT2D eigenvalue weighted by molar-refractivity contribution is 5.41. The molecule has 0 atom stereocenters. The summed E-state index contributed by atoms with van der Waals surface area (Å²) in [6, 6.07) is 9.59. The summed E-state index contributed by atoms with van der Waals surface area (Å²) in [5, 5.41) is 4.11. The van der Waals surface area contributed by atoms with Gasteiger partial charge in [0, 0.05) is 18.0 Å². The van der Waals surface area contributed by atoms with Crippen molar-refractivity contribution >= 4 is 0 Å². The van der Waals surface area contributed by atoms with E-state index in [1.54, 1.807) is 10.9 Å². The second-order valence-corrected chi connectivity index (χ2v) is 2.65. The first-order valence-corrected chi connectivity index (χ1v) is 3.97. The Hall–Kier alpha value is -2.01. The van der Waals surface area contributed by atoms with Crippen molar-refractivity contribution in [2.75, 3.05) is 0 Å². The molecule has 0 aliphatic heterocycles. The van der Waals surface area contributed by atoms with Gasteiger partial charge >= 0.3 is 0 Å². The topological polar surface area (TPSA) is 17.8 Å². The van der Waals surface area contributed by atoms with E-state index in [4.69, 9.17) is 6.42 Å². The van der Waals surface area contributed by atoms with Gasteiger partial charge in [-0.25, -0.2) is 4.68 Å². The van der Waals surface area contributed by atoms with E-state index >= 15 is 0 Å². The van der Waals surface area contributed by atoms with Crippen LogP contribution in [0.4, 0.5) is 0 Å². The summed E-state index contributed by atoms with van der Waals surface area (Å²) in [7, 11) is 0. The number of nitrogens with zero attached hydrogens (tertiary/aromatic N) is 2. The molecular weight excluding hydrogens is 160 g/mol. The highest BCUT2D eigenvalue weighted by Gasteiger charge is 1.95. The summed E-state index contributed by atoms with van der Waals surface area (Å²) >= 11 is 0. The molecule has 62 valence electrons. The molecule has 0 radical (unpaired) electrons. The van der Waals surface area contributed by atoms with Crippen LogP contribution in [-0.4, -0.2) is 9.78 Å². The molecule has 2 heteroatoms. The summed E-state index contributed by atoms with van der Waals surface area (Å²) in [5.74, 6) is 2.59. The van der Waals surface area contributed by atoms with E-state index in [0.717, 1.165) is 11.3 Å². The largest absolute Gasteiger partial charge is 0.241 e. The minimum atomic E-state index is 0.869. The number of rotatable bonds is 1. The standard InChI is InChI=1S/C11H8N2/c1-2-10-5-3-6-11(9-10)13-8-4-7-12-13/h1,3-9H. The highest BCUT2D eigenvalue weighted by Crippen LogP contribution is 2.07. The number of aromatic nitrogens is 2. The van der Waals surface area contributed by atoms with Crippen LogP contribution in [0.3, 0.4) is 0 Å². The van der Waals surface area contributed by atoms with Crippen LogP contribution in [0.1, 0.15) is 5.56 Å². The van der Waals surface area contributed by atoms with E-state index in [1.807, 2.05) is 36.5 Å². The molecule has 1 aromatic heterocycles. The summed E-state index contributed by atoms with van der Waals surface area (Å²) in [5.41, 5.74) is 1.86. The molecule has 1 aromatic carbocycles. The Kier molecular flexibility index (Phi) is 1.85. The van der Waals surface area contributed by atoms with Crippen molar-refractivity contribution in [3.8, 4) is 18.0 Å². The lowest BCUT2D eigenvalue weighted by Crippen LogP contribution is -1.93. The zero-order valence-electron chi connectivity index (χ0n) is 7.01. The van der Waals surface area contributed by atoms with Gasteiger partial charge < -0.3 is 0 Å². The second kappa shape index (κ2) is 3.16. The quantitative estimate of drug-likeness (QED) is 0.594. The van der Waals surface area contributed by atoms with Gasteiger partial charge in [0.15, 0.2) is 0 Å². The monoisotopic (exact) mass is 168 g/mol. The number of terminal acetylenes is 1. The fourth-order valence-corrected chi connectivity index (χ4v) is 1.16. The molecule has 0 spiro atoms. The average molecular weight is 168 g/mol. The van der Waals surface area contributed by atoms with Crippen LogP contribution in [0.15, 0.2) is 42.7 Å². The maximum atomic E-state index is 5.29. The summed E-state index contributed by atoms with van der Waals surface area (Å²) in [6.07, 6.45) is 8.92. The number of hydrogen-bond acceptors (Lipinski definition) is 1. The Morgan fingerprint density at radius 1 is 1.31 bits per heavy atom. The molecule has 2 aromatic rings. The van der Waals surface area contributed by atoms with Crippen molar-refractivity contribution in [1.29, 1.82) is 0 Å². The predicted octanol–water partition coefficient (Wildman–Crippen LogP) is 1.85. The zero-order chi connectivity index (χ0) is 9.10. The van der Waals surface area contributed by atoms with E-state index in [-0.39, 0.29) is 0 Å². The summed E-state index contributed by atoms with van der Waals surface area (Å²) in [6.45, 7) is 0. The average Bonchev–Trinajstić information content (AvgIpc) is 2.71. The minimum Gasteiger partial charge on any atom is -0.241 e. The Morgan fingerprint density at radius 2 is 2.23 bits per heavy atom. The molecular formula is C11H8N2. The molecule has 2 nitrogen and oxygen atoms in total. The van der Waals surface area contributed by atoms with Crippen molar-refractivity contribution in [2.45, 2.75) is 0 Å². The minimum absolute atomic E-state index is 0.869. The van der Waals surface area contributed by atoms with Crippen LogP contribution in [0.5, 0.6) is 0 Å². The summed E-state index contributed by atoms with van der Waals surface area (Å²) in [4.78, 5) is 0. The Labute approximate surface area is 76.8 Å². The lowest BCUT2D eigenvalue weighted by molar-refractivity contribution is 0.880. The normalized spacial score (nSPS) is 9.46. The molecule has 0 fully saturated rings. The van der Waals surface area contributed by atoms with Crippen molar-refractivity contribution in [3.05, 3.63) is 48.3 Å². The Bertz CT molecular complexity index is 435. The number of benzene rings is 1. The van der Waals surface area contributed by atoms with Crippen LogP contribution in [0, 0.1) is 12.3 Å². The second-order valence-electron chi connectivity index (χ2n) is 2.65. The maximum absolute atomic E-state index is 5.29. The van der Waals surface area contributed by atoms with E-state index in [9.17, 15) is 0 Å². The van der Waals surface area contributed by atoms with Crippen LogP contribution in [0.25, 0.3) is 5.69 Å². The van der Waals surface area contributed by atoms with Gasteiger partial charge in [-0.3, -0.25) is 0 Å². The van der Waals surface area contributed by atoms with Crippen molar-refractivity contribution in [2.24, 2.45) is 0 Å². The Balaban J connectivity index is 2.49. The smallest absolute Gasteiger partial charge is 0.0657 e. The molecule has 0 amide bonds. The van der Waals surface area contributed by atoms with E-state index in [1.165, 1.54) is 0 Å². The highest BCUT2D eigenvalue weighted by atomic mass is 15.3. The van der Waals surface area contributed by atoms with Crippen molar-refractivity contribution < 1.29 is 0 Å². The first-order valence-electron chi connectivity index (χ1n) is 3.97.